The zero-order chi connectivity index (χ0) is 17.1. The molecular formula is C16H20N4O3S. The Hall–Kier alpha value is -2.00. The lowest BCUT2D eigenvalue weighted by Crippen LogP contribution is -2.34. The van der Waals surface area contributed by atoms with Gasteiger partial charge in [0.15, 0.2) is 0 Å². The summed E-state index contributed by atoms with van der Waals surface area (Å²) in [4.78, 5) is 7.38. The molecule has 0 saturated carbocycles. The average Bonchev–Trinajstić information content (AvgIpc) is 3.12. The van der Waals surface area contributed by atoms with E-state index in [0.29, 0.717) is 22.9 Å². The number of aliphatic hydroxyl groups is 2. The highest BCUT2D eigenvalue weighted by molar-refractivity contribution is 7.17. The summed E-state index contributed by atoms with van der Waals surface area (Å²) < 4.78 is 1.40. The highest BCUT2D eigenvalue weighted by Gasteiger charge is 2.28. The number of fused-ring (bicyclic) bond motifs is 1. The molecule has 2 aromatic heterocycles. The number of nitrogens with zero attached hydrogens (tertiary/aromatic N) is 4. The van der Waals surface area contributed by atoms with Crippen molar-refractivity contribution in [1.82, 2.24) is 19.5 Å². The Morgan fingerprint density at radius 2 is 2.00 bits per heavy atom. The summed E-state index contributed by atoms with van der Waals surface area (Å²) in [7, 11) is 0. The van der Waals surface area contributed by atoms with Crippen molar-refractivity contribution in [3.05, 3.63) is 46.6 Å². The fourth-order valence-electron chi connectivity index (χ4n) is 2.87. The van der Waals surface area contributed by atoms with Gasteiger partial charge in [-0.15, -0.1) is 0 Å². The molecule has 0 aliphatic carbocycles. The molecule has 0 aliphatic heterocycles. The van der Waals surface area contributed by atoms with Crippen molar-refractivity contribution in [3.8, 4) is 5.88 Å². The molecule has 8 heteroatoms. The van der Waals surface area contributed by atoms with E-state index in [9.17, 15) is 15.3 Å². The van der Waals surface area contributed by atoms with E-state index in [2.05, 4.69) is 10.1 Å². The van der Waals surface area contributed by atoms with Crippen molar-refractivity contribution >= 4 is 16.3 Å². The Kier molecular flexibility index (Phi) is 5.10. The van der Waals surface area contributed by atoms with Crippen molar-refractivity contribution < 1.29 is 15.3 Å². The van der Waals surface area contributed by atoms with Crippen LogP contribution in [0.25, 0.3) is 4.96 Å². The van der Waals surface area contributed by atoms with E-state index < -0.39 is 0 Å². The van der Waals surface area contributed by atoms with E-state index in [-0.39, 0.29) is 25.1 Å². The van der Waals surface area contributed by atoms with Crippen molar-refractivity contribution in [3.63, 3.8) is 0 Å². The fraction of sp³-hybridized carbons (Fsp3) is 0.375. The monoisotopic (exact) mass is 348 g/mol. The molecule has 3 aromatic rings. The average molecular weight is 348 g/mol. The van der Waals surface area contributed by atoms with Crippen molar-refractivity contribution in [1.29, 1.82) is 0 Å². The summed E-state index contributed by atoms with van der Waals surface area (Å²) in [6, 6.07) is 7.70. The molecule has 2 heterocycles. The van der Waals surface area contributed by atoms with E-state index >= 15 is 0 Å². The van der Waals surface area contributed by atoms with Gasteiger partial charge < -0.3 is 15.3 Å². The van der Waals surface area contributed by atoms with Crippen LogP contribution in [-0.2, 0) is 0 Å². The Morgan fingerprint density at radius 3 is 2.62 bits per heavy atom. The molecule has 24 heavy (non-hydrogen) atoms. The van der Waals surface area contributed by atoms with E-state index in [1.165, 1.54) is 22.2 Å². The van der Waals surface area contributed by atoms with Gasteiger partial charge in [0.2, 0.25) is 10.8 Å². The van der Waals surface area contributed by atoms with Gasteiger partial charge in [0.1, 0.15) is 6.33 Å². The second-order valence-corrected chi connectivity index (χ2v) is 6.55. The number of aliphatic hydroxyl groups excluding tert-OH is 2. The standard InChI is InChI=1S/C16H20N4O3S/c1-11-3-2-4-12(9-11)13(19(5-7-21)6-8-22)14-15(23)20-16(24-14)17-10-18-20/h2-4,9-10,13,21-23H,5-8H2,1H3. The van der Waals surface area contributed by atoms with Crippen LogP contribution in [0.4, 0.5) is 0 Å². The lowest BCUT2D eigenvalue weighted by atomic mass is 10.0. The molecule has 0 saturated heterocycles. The maximum absolute atomic E-state index is 10.6. The highest BCUT2D eigenvalue weighted by Crippen LogP contribution is 2.39. The molecule has 0 bridgehead atoms. The number of hydrogen-bond donors (Lipinski definition) is 3. The summed E-state index contributed by atoms with van der Waals surface area (Å²) in [6.45, 7) is 2.69. The molecule has 3 rings (SSSR count). The van der Waals surface area contributed by atoms with Crippen LogP contribution in [0.2, 0.25) is 0 Å². The molecule has 1 unspecified atom stereocenters. The van der Waals surface area contributed by atoms with Crippen molar-refractivity contribution in [2.75, 3.05) is 26.3 Å². The van der Waals surface area contributed by atoms with Crippen LogP contribution in [-0.4, -0.2) is 61.1 Å². The normalized spacial score (nSPS) is 13.0. The third kappa shape index (κ3) is 3.13. The third-order valence-electron chi connectivity index (χ3n) is 3.88. The zero-order valence-corrected chi connectivity index (χ0v) is 14.1. The van der Waals surface area contributed by atoms with Crippen molar-refractivity contribution in [2.45, 2.75) is 13.0 Å². The molecule has 0 radical (unpaired) electrons. The van der Waals surface area contributed by atoms with Gasteiger partial charge in [-0.1, -0.05) is 41.2 Å². The predicted octanol–water partition coefficient (Wildman–Crippen LogP) is 1.18. The number of aryl methyl sites for hydroxylation is 1. The molecule has 0 amide bonds. The van der Waals surface area contributed by atoms with Crippen LogP contribution < -0.4 is 0 Å². The van der Waals surface area contributed by atoms with Crippen LogP contribution >= 0.6 is 11.3 Å². The smallest absolute Gasteiger partial charge is 0.230 e. The molecule has 0 fully saturated rings. The summed E-state index contributed by atoms with van der Waals surface area (Å²) in [5, 5.41) is 33.5. The molecule has 7 nitrogen and oxygen atoms in total. The van der Waals surface area contributed by atoms with Gasteiger partial charge in [-0.05, 0) is 12.5 Å². The van der Waals surface area contributed by atoms with Crippen LogP contribution in [0.3, 0.4) is 0 Å². The minimum atomic E-state index is -0.294. The maximum Gasteiger partial charge on any atom is 0.230 e. The Bertz CT molecular complexity index is 811. The molecule has 3 N–H and O–H groups in total. The number of aromatic nitrogens is 3. The highest BCUT2D eigenvalue weighted by atomic mass is 32.1. The molecule has 1 atom stereocenters. The second kappa shape index (κ2) is 7.27. The number of aromatic hydroxyl groups is 1. The molecule has 0 spiro atoms. The van der Waals surface area contributed by atoms with Crippen LogP contribution in [0.15, 0.2) is 30.6 Å². The lowest BCUT2D eigenvalue weighted by Gasteiger charge is -2.30. The first-order chi connectivity index (χ1) is 11.7. The third-order valence-corrected chi connectivity index (χ3v) is 4.97. The largest absolute Gasteiger partial charge is 0.492 e. The van der Waals surface area contributed by atoms with Gasteiger partial charge in [-0.2, -0.15) is 9.61 Å². The molecule has 0 aliphatic rings. The number of benzene rings is 1. The SMILES string of the molecule is Cc1cccc(C(c2sc3ncnn3c2O)N(CCO)CCO)c1. The molecular weight excluding hydrogens is 328 g/mol. The van der Waals surface area contributed by atoms with Crippen LogP contribution in [0.5, 0.6) is 5.88 Å². The minimum absolute atomic E-state index is 0.0379. The van der Waals surface area contributed by atoms with Crippen LogP contribution in [0, 0.1) is 6.92 Å². The van der Waals surface area contributed by atoms with Gasteiger partial charge in [-0.3, -0.25) is 4.90 Å². The minimum Gasteiger partial charge on any atom is -0.492 e. The first-order valence-electron chi connectivity index (χ1n) is 7.69. The summed E-state index contributed by atoms with van der Waals surface area (Å²) >= 11 is 1.35. The summed E-state index contributed by atoms with van der Waals surface area (Å²) in [6.07, 6.45) is 1.40. The van der Waals surface area contributed by atoms with Gasteiger partial charge in [0, 0.05) is 13.1 Å². The topological polar surface area (TPSA) is 94.1 Å². The Morgan fingerprint density at radius 1 is 1.25 bits per heavy atom. The quantitative estimate of drug-likeness (QED) is 0.594. The molecule has 1 aromatic carbocycles. The first-order valence-corrected chi connectivity index (χ1v) is 8.51. The van der Waals surface area contributed by atoms with Gasteiger partial charge in [0.05, 0.1) is 24.1 Å². The Labute approximate surface area is 143 Å². The fourth-order valence-corrected chi connectivity index (χ4v) is 3.96. The van der Waals surface area contributed by atoms with Crippen molar-refractivity contribution in [2.24, 2.45) is 0 Å². The Balaban J connectivity index is 2.13. The summed E-state index contributed by atoms with van der Waals surface area (Å²) in [5.74, 6) is 0.0416. The number of hydrogen-bond acceptors (Lipinski definition) is 7. The van der Waals surface area contributed by atoms with E-state index in [0.717, 1.165) is 11.1 Å². The number of thiazole rings is 1. The second-order valence-electron chi connectivity index (χ2n) is 5.54. The van der Waals surface area contributed by atoms with E-state index in [1.54, 1.807) is 0 Å². The van der Waals surface area contributed by atoms with Gasteiger partial charge in [0.25, 0.3) is 0 Å². The van der Waals surface area contributed by atoms with E-state index in [1.807, 2.05) is 36.1 Å². The lowest BCUT2D eigenvalue weighted by molar-refractivity contribution is 0.136. The maximum atomic E-state index is 10.6. The van der Waals surface area contributed by atoms with E-state index in [4.69, 9.17) is 0 Å². The zero-order valence-electron chi connectivity index (χ0n) is 13.3. The molecule has 128 valence electrons. The van der Waals surface area contributed by atoms with Crippen LogP contribution in [0.1, 0.15) is 22.0 Å². The number of rotatable bonds is 7. The van der Waals surface area contributed by atoms with Gasteiger partial charge in [-0.25, -0.2) is 4.98 Å². The van der Waals surface area contributed by atoms with Gasteiger partial charge >= 0.3 is 0 Å². The first kappa shape index (κ1) is 16.8. The predicted molar refractivity (Wildman–Crippen MR) is 91.3 cm³/mol. The summed E-state index contributed by atoms with van der Waals surface area (Å²) in [5.41, 5.74) is 2.08.